The first-order valence-corrected chi connectivity index (χ1v) is 1.36. The quantitative estimate of drug-likeness (QED) is 0.278. The lowest BCUT2D eigenvalue weighted by Crippen LogP contribution is -2.02. The van der Waals surface area contributed by atoms with E-state index in [2.05, 4.69) is 11.7 Å². The Kier molecular flexibility index (Phi) is 267. The van der Waals surface area contributed by atoms with Crippen molar-refractivity contribution in [1.82, 2.24) is 0 Å². The Bertz CT molecular complexity index is 8.75. The van der Waals surface area contributed by atoms with Crippen LogP contribution in [0.5, 0.6) is 0 Å². The molecule has 0 saturated heterocycles. The largest absolute Gasteiger partial charge is 0.397 e. The molecule has 0 aliphatic carbocycles. The van der Waals surface area contributed by atoms with Crippen LogP contribution in [-0.4, -0.2) is 11.7 Å². The summed E-state index contributed by atoms with van der Waals surface area (Å²) in [6, 6.07) is 0. The van der Waals surface area contributed by atoms with Crippen molar-refractivity contribution in [1.29, 1.82) is 0 Å². The molecule has 0 saturated carbocycles. The summed E-state index contributed by atoms with van der Waals surface area (Å²) in [5.74, 6) is 8.00. The van der Waals surface area contributed by atoms with Gasteiger partial charge in [-0.1, -0.05) is 7.43 Å². The van der Waals surface area contributed by atoms with Crippen molar-refractivity contribution in [2.75, 3.05) is 6.61 Å². The minimum absolute atomic E-state index is 0. The van der Waals surface area contributed by atoms with E-state index < -0.39 is 0 Å². The van der Waals surface area contributed by atoms with Gasteiger partial charge in [-0.15, -0.1) is 0 Å². The lowest BCUT2D eigenvalue weighted by Gasteiger charge is -1.52. The number of aliphatic hydroxyl groups is 1. The third-order valence-electron chi connectivity index (χ3n) is 0. The first kappa shape index (κ1) is 16.9. The van der Waals surface area contributed by atoms with Crippen LogP contribution >= 0.6 is 0 Å². The van der Waals surface area contributed by atoms with Gasteiger partial charge in [-0.05, 0) is 6.92 Å². The van der Waals surface area contributed by atoms with Gasteiger partial charge < -0.3 is 5.11 Å². The molecule has 3 nitrogen and oxygen atoms in total. The summed E-state index contributed by atoms with van der Waals surface area (Å²) in [5, 5.41) is 7.57. The maximum absolute atomic E-state index is 7.57. The van der Waals surface area contributed by atoms with Gasteiger partial charge >= 0.3 is 0 Å². The molecule has 6 heavy (non-hydrogen) atoms. The van der Waals surface area contributed by atoms with Gasteiger partial charge in [0.1, 0.15) is 0 Å². The smallest absolute Gasteiger partial charge is 0.0402 e. The third-order valence-corrected chi connectivity index (χ3v) is 0. The summed E-state index contributed by atoms with van der Waals surface area (Å²) in [7, 11) is 0. The average molecular weight is 94.2 g/mol. The van der Waals surface area contributed by atoms with E-state index in [9.17, 15) is 0 Å². The van der Waals surface area contributed by atoms with E-state index in [1.54, 1.807) is 6.92 Å². The molecule has 0 rings (SSSR count). The Hall–Kier alpha value is -0.120. The monoisotopic (exact) mass is 94.1 g/mol. The van der Waals surface area contributed by atoms with E-state index >= 15 is 0 Å². The van der Waals surface area contributed by atoms with E-state index in [0.29, 0.717) is 0 Å². The van der Waals surface area contributed by atoms with Crippen LogP contribution in [0.1, 0.15) is 14.4 Å². The number of hydrazine groups is 1. The maximum Gasteiger partial charge on any atom is 0.0402 e. The Balaban J connectivity index is -0.0000000275. The van der Waals surface area contributed by atoms with Crippen LogP contribution in [0.2, 0.25) is 0 Å². The molecule has 0 spiro atoms. The minimum atomic E-state index is 0. The van der Waals surface area contributed by atoms with Crippen LogP contribution in [-0.2, 0) is 0 Å². The molecule has 0 radical (unpaired) electrons. The molecule has 0 aliphatic heterocycles. The molecule has 0 bridgehead atoms. The predicted molar refractivity (Wildman–Crippen MR) is 27.9 cm³/mol. The van der Waals surface area contributed by atoms with Crippen molar-refractivity contribution in [3.63, 3.8) is 0 Å². The summed E-state index contributed by atoms with van der Waals surface area (Å²) in [6.07, 6.45) is 0. The number of hydrogen-bond donors (Lipinski definition) is 3. The fourth-order valence-electron chi connectivity index (χ4n) is 0. The van der Waals surface area contributed by atoms with Crippen LogP contribution < -0.4 is 11.7 Å². The fourth-order valence-corrected chi connectivity index (χ4v) is 0. The van der Waals surface area contributed by atoms with E-state index in [0.717, 1.165) is 0 Å². The summed E-state index contributed by atoms with van der Waals surface area (Å²) >= 11 is 0. The van der Waals surface area contributed by atoms with Crippen LogP contribution in [0.25, 0.3) is 0 Å². The highest BCUT2D eigenvalue weighted by Gasteiger charge is 1.34. The molecule has 5 N–H and O–H groups in total. The average Bonchev–Trinajstić information content (AvgIpc) is 1.46. The van der Waals surface area contributed by atoms with E-state index in [1.165, 1.54) is 0 Å². The summed E-state index contributed by atoms with van der Waals surface area (Å²) in [4.78, 5) is 0. The zero-order valence-electron chi connectivity index (χ0n) is 3.31. The Labute approximate surface area is 38.9 Å². The van der Waals surface area contributed by atoms with Gasteiger partial charge in [0.15, 0.2) is 0 Å². The molecule has 0 aliphatic rings. The number of rotatable bonds is 0. The molecule has 0 aromatic heterocycles. The van der Waals surface area contributed by atoms with Gasteiger partial charge in [-0.3, -0.25) is 11.7 Å². The summed E-state index contributed by atoms with van der Waals surface area (Å²) in [6.45, 7) is 1.93. The standard InChI is InChI=1S/C2H6O.CH4.H4N2/c1-2-3;;1-2/h3H,2H2,1H3;1H4;1-2H2. The molecule has 0 amide bonds. The molecular formula is C3H14N2O. The molecule has 0 aromatic carbocycles. The lowest BCUT2D eigenvalue weighted by molar-refractivity contribution is 0.318. The maximum atomic E-state index is 7.57. The Morgan fingerprint density at radius 3 is 1.50 bits per heavy atom. The van der Waals surface area contributed by atoms with E-state index in [-0.39, 0.29) is 14.0 Å². The molecular weight excluding hydrogens is 80.0 g/mol. The summed E-state index contributed by atoms with van der Waals surface area (Å²) < 4.78 is 0. The van der Waals surface area contributed by atoms with Crippen LogP contribution in [0.3, 0.4) is 0 Å². The van der Waals surface area contributed by atoms with Gasteiger partial charge in [-0.2, -0.15) is 0 Å². The number of hydrogen-bond acceptors (Lipinski definition) is 3. The van der Waals surface area contributed by atoms with Gasteiger partial charge in [0.05, 0.1) is 0 Å². The highest BCUT2D eigenvalue weighted by atomic mass is 16.2. The summed E-state index contributed by atoms with van der Waals surface area (Å²) in [5.41, 5.74) is 0. The lowest BCUT2D eigenvalue weighted by atomic mass is 10.9. The zero-order chi connectivity index (χ0) is 4.71. The molecule has 0 fully saturated rings. The van der Waals surface area contributed by atoms with E-state index in [4.69, 9.17) is 5.11 Å². The predicted octanol–water partition coefficient (Wildman–Crippen LogP) is -0.546. The normalized spacial score (nSPS) is 4.00. The number of nitrogens with two attached hydrogens (primary N) is 2. The van der Waals surface area contributed by atoms with Gasteiger partial charge in [0.2, 0.25) is 0 Å². The SMILES string of the molecule is C.CCO.NN. The molecule has 0 aromatic rings. The van der Waals surface area contributed by atoms with Gasteiger partial charge in [-0.25, -0.2) is 0 Å². The van der Waals surface area contributed by atoms with Gasteiger partial charge in [0.25, 0.3) is 0 Å². The number of aliphatic hydroxyl groups excluding tert-OH is 1. The molecule has 0 unspecified atom stereocenters. The van der Waals surface area contributed by atoms with Crippen molar-refractivity contribution in [2.24, 2.45) is 11.7 Å². The first-order valence-electron chi connectivity index (χ1n) is 1.36. The highest BCUT2D eigenvalue weighted by molar-refractivity contribution is 3.84. The second kappa shape index (κ2) is 94.9. The minimum Gasteiger partial charge on any atom is -0.397 e. The molecule has 42 valence electrons. The van der Waals surface area contributed by atoms with Crippen molar-refractivity contribution in [2.45, 2.75) is 14.4 Å². The Morgan fingerprint density at radius 1 is 1.50 bits per heavy atom. The zero-order valence-corrected chi connectivity index (χ0v) is 3.31. The Morgan fingerprint density at radius 2 is 1.50 bits per heavy atom. The van der Waals surface area contributed by atoms with Crippen LogP contribution in [0.4, 0.5) is 0 Å². The third kappa shape index (κ3) is 2230. The second-order valence-electron chi connectivity index (χ2n) is 0.316. The van der Waals surface area contributed by atoms with Crippen molar-refractivity contribution in [3.8, 4) is 0 Å². The van der Waals surface area contributed by atoms with Crippen molar-refractivity contribution in [3.05, 3.63) is 0 Å². The molecule has 0 atom stereocenters. The highest BCUT2D eigenvalue weighted by Crippen LogP contribution is 1.30. The van der Waals surface area contributed by atoms with Crippen molar-refractivity contribution < 1.29 is 5.11 Å². The second-order valence-corrected chi connectivity index (χ2v) is 0.316. The first-order chi connectivity index (χ1) is 2.41. The topological polar surface area (TPSA) is 72.3 Å². The fraction of sp³-hybridized carbons (Fsp3) is 1.00. The van der Waals surface area contributed by atoms with Crippen LogP contribution in [0, 0.1) is 0 Å². The molecule has 0 heterocycles. The van der Waals surface area contributed by atoms with Crippen LogP contribution in [0.15, 0.2) is 0 Å². The van der Waals surface area contributed by atoms with E-state index in [1.807, 2.05) is 0 Å². The van der Waals surface area contributed by atoms with Gasteiger partial charge in [0, 0.05) is 6.61 Å². The van der Waals surface area contributed by atoms with Crippen molar-refractivity contribution >= 4 is 0 Å². The molecule has 3 heteroatoms.